The van der Waals surface area contributed by atoms with Gasteiger partial charge in [0, 0.05) is 11.5 Å². The average Bonchev–Trinajstić information content (AvgIpc) is 2.34. The highest BCUT2D eigenvalue weighted by Crippen LogP contribution is 2.27. The second-order valence-electron chi connectivity index (χ2n) is 2.93. The molecule has 0 bridgehead atoms. The van der Waals surface area contributed by atoms with E-state index < -0.39 is 0 Å². The third-order valence-corrected chi connectivity index (χ3v) is 1.97. The fraction of sp³-hybridized carbons (Fsp3) is 0.273. The predicted molar refractivity (Wildman–Crippen MR) is 62.6 cm³/mol. The molecule has 0 aliphatic rings. The maximum atomic E-state index is 8.10. The average molecular weight is 219 g/mol. The van der Waals surface area contributed by atoms with Crippen molar-refractivity contribution in [1.29, 1.82) is 0 Å². The van der Waals surface area contributed by atoms with Crippen molar-refractivity contribution in [2.75, 3.05) is 20.8 Å². The van der Waals surface area contributed by atoms with Crippen molar-refractivity contribution in [3.05, 3.63) is 40.3 Å². The van der Waals surface area contributed by atoms with E-state index in [9.17, 15) is 0 Å². The molecule has 0 aromatic heterocycles. The van der Waals surface area contributed by atoms with Crippen LogP contribution in [0.1, 0.15) is 5.56 Å². The Hall–Kier alpha value is -2.13. The minimum absolute atomic E-state index is 0.338. The summed E-state index contributed by atoms with van der Waals surface area (Å²) in [5.74, 6) is 1.36. The topological polar surface area (TPSA) is 67.2 Å². The molecule has 0 saturated heterocycles. The third-order valence-electron chi connectivity index (χ3n) is 1.97. The first-order chi connectivity index (χ1) is 7.81. The number of nitrogens with zero attached hydrogens (tertiary/aromatic N) is 3. The van der Waals surface area contributed by atoms with E-state index in [1.165, 1.54) is 0 Å². The SMILES string of the molecule is COc1ccc(C=CCN=[N+]=[N-])cc1OC. The summed E-state index contributed by atoms with van der Waals surface area (Å²) >= 11 is 0. The molecule has 0 N–H and O–H groups in total. The molecular weight excluding hydrogens is 206 g/mol. The van der Waals surface area contributed by atoms with Crippen LogP contribution in [0.25, 0.3) is 16.5 Å². The van der Waals surface area contributed by atoms with Crippen LogP contribution >= 0.6 is 0 Å². The lowest BCUT2D eigenvalue weighted by Crippen LogP contribution is -1.90. The zero-order chi connectivity index (χ0) is 11.8. The Morgan fingerprint density at radius 1 is 1.31 bits per heavy atom. The zero-order valence-electron chi connectivity index (χ0n) is 9.25. The smallest absolute Gasteiger partial charge is 0.161 e. The van der Waals surface area contributed by atoms with Gasteiger partial charge in [0.2, 0.25) is 0 Å². The van der Waals surface area contributed by atoms with Crippen molar-refractivity contribution in [2.24, 2.45) is 5.11 Å². The predicted octanol–water partition coefficient (Wildman–Crippen LogP) is 3.03. The summed E-state index contributed by atoms with van der Waals surface area (Å²) in [6.45, 7) is 0.338. The summed E-state index contributed by atoms with van der Waals surface area (Å²) in [7, 11) is 3.18. The van der Waals surface area contributed by atoms with Crippen molar-refractivity contribution in [2.45, 2.75) is 0 Å². The summed E-state index contributed by atoms with van der Waals surface area (Å²) in [6, 6.07) is 5.57. The molecule has 0 unspecified atom stereocenters. The molecule has 0 fully saturated rings. The Morgan fingerprint density at radius 3 is 2.69 bits per heavy atom. The molecule has 1 rings (SSSR count). The molecule has 0 saturated carbocycles. The molecule has 84 valence electrons. The van der Waals surface area contributed by atoms with Gasteiger partial charge in [-0.2, -0.15) is 0 Å². The number of benzene rings is 1. The standard InChI is InChI=1S/C11H13N3O2/c1-15-10-6-5-9(8-11(10)16-2)4-3-7-13-14-12/h3-6,8H,7H2,1-2H3. The lowest BCUT2D eigenvalue weighted by molar-refractivity contribution is 0.355. The fourth-order valence-corrected chi connectivity index (χ4v) is 1.23. The number of hydrogen-bond acceptors (Lipinski definition) is 3. The number of azide groups is 1. The lowest BCUT2D eigenvalue weighted by Gasteiger charge is -2.07. The molecule has 5 heteroatoms. The minimum Gasteiger partial charge on any atom is -0.493 e. The van der Waals surface area contributed by atoms with Gasteiger partial charge in [0.15, 0.2) is 11.5 Å². The number of hydrogen-bond donors (Lipinski definition) is 0. The number of methoxy groups -OCH3 is 2. The van der Waals surface area contributed by atoms with Crippen LogP contribution in [0.5, 0.6) is 11.5 Å². The fourth-order valence-electron chi connectivity index (χ4n) is 1.23. The van der Waals surface area contributed by atoms with Crippen molar-refractivity contribution in [3.8, 4) is 11.5 Å². The molecular formula is C11H13N3O2. The molecule has 0 spiro atoms. The molecule has 1 aromatic carbocycles. The Morgan fingerprint density at radius 2 is 2.06 bits per heavy atom. The normalized spacial score (nSPS) is 9.88. The van der Waals surface area contributed by atoms with Gasteiger partial charge < -0.3 is 9.47 Å². The quantitative estimate of drug-likeness (QED) is 0.434. The first-order valence-electron chi connectivity index (χ1n) is 4.71. The Bertz CT molecular complexity index is 423. The van der Waals surface area contributed by atoms with E-state index in [0.717, 1.165) is 5.56 Å². The highest BCUT2D eigenvalue weighted by molar-refractivity contribution is 5.55. The van der Waals surface area contributed by atoms with Crippen molar-refractivity contribution < 1.29 is 9.47 Å². The van der Waals surface area contributed by atoms with Crippen LogP contribution in [0.4, 0.5) is 0 Å². The summed E-state index contributed by atoms with van der Waals surface area (Å²) in [4.78, 5) is 2.66. The van der Waals surface area contributed by atoms with Crippen molar-refractivity contribution in [3.63, 3.8) is 0 Å². The molecule has 0 amide bonds. The van der Waals surface area contributed by atoms with E-state index >= 15 is 0 Å². The van der Waals surface area contributed by atoms with E-state index in [4.69, 9.17) is 15.0 Å². The second kappa shape index (κ2) is 6.37. The Kier molecular flexibility index (Phi) is 4.76. The van der Waals surface area contributed by atoms with Gasteiger partial charge in [-0.15, -0.1) is 0 Å². The van der Waals surface area contributed by atoms with Crippen molar-refractivity contribution in [1.82, 2.24) is 0 Å². The van der Waals surface area contributed by atoms with E-state index in [0.29, 0.717) is 18.0 Å². The molecule has 1 aromatic rings. The minimum atomic E-state index is 0.338. The van der Waals surface area contributed by atoms with Gasteiger partial charge in [0.1, 0.15) is 0 Å². The van der Waals surface area contributed by atoms with Gasteiger partial charge in [-0.25, -0.2) is 0 Å². The Labute approximate surface area is 93.9 Å². The molecule has 0 radical (unpaired) electrons. The van der Waals surface area contributed by atoms with E-state index in [1.54, 1.807) is 20.3 Å². The molecule has 0 heterocycles. The molecule has 0 aliphatic carbocycles. The van der Waals surface area contributed by atoms with Crippen LogP contribution in [0.15, 0.2) is 29.4 Å². The van der Waals surface area contributed by atoms with Crippen LogP contribution in [-0.2, 0) is 0 Å². The van der Waals surface area contributed by atoms with Gasteiger partial charge >= 0.3 is 0 Å². The van der Waals surface area contributed by atoms with Gasteiger partial charge in [-0.05, 0) is 23.2 Å². The van der Waals surface area contributed by atoms with Gasteiger partial charge in [-0.3, -0.25) is 0 Å². The van der Waals surface area contributed by atoms with Crippen LogP contribution < -0.4 is 9.47 Å². The molecule has 16 heavy (non-hydrogen) atoms. The zero-order valence-corrected chi connectivity index (χ0v) is 9.25. The maximum absolute atomic E-state index is 8.10. The first kappa shape index (κ1) is 11.9. The first-order valence-corrected chi connectivity index (χ1v) is 4.71. The van der Waals surface area contributed by atoms with Gasteiger partial charge in [-0.1, -0.05) is 23.3 Å². The van der Waals surface area contributed by atoms with E-state index in [-0.39, 0.29) is 0 Å². The van der Waals surface area contributed by atoms with Gasteiger partial charge in [0.25, 0.3) is 0 Å². The maximum Gasteiger partial charge on any atom is 0.161 e. The summed E-state index contributed by atoms with van der Waals surface area (Å²) < 4.78 is 10.3. The molecule has 5 nitrogen and oxygen atoms in total. The summed E-state index contributed by atoms with van der Waals surface area (Å²) in [6.07, 6.45) is 3.64. The van der Waals surface area contributed by atoms with Crippen molar-refractivity contribution >= 4 is 6.08 Å². The van der Waals surface area contributed by atoms with Crippen LogP contribution in [0.3, 0.4) is 0 Å². The lowest BCUT2D eigenvalue weighted by atomic mass is 10.2. The third kappa shape index (κ3) is 3.22. The van der Waals surface area contributed by atoms with E-state index in [1.807, 2.05) is 24.3 Å². The second-order valence-corrected chi connectivity index (χ2v) is 2.93. The highest BCUT2D eigenvalue weighted by Gasteiger charge is 2.01. The van der Waals surface area contributed by atoms with E-state index in [2.05, 4.69) is 10.0 Å². The molecule has 0 aliphatic heterocycles. The largest absolute Gasteiger partial charge is 0.493 e. The van der Waals surface area contributed by atoms with Crippen LogP contribution in [0, 0.1) is 0 Å². The summed E-state index contributed by atoms with van der Waals surface area (Å²) in [5.41, 5.74) is 9.07. The Balaban J connectivity index is 2.82. The highest BCUT2D eigenvalue weighted by atomic mass is 16.5. The molecule has 0 atom stereocenters. The monoisotopic (exact) mass is 219 g/mol. The summed E-state index contributed by atoms with van der Waals surface area (Å²) in [5, 5.41) is 3.40. The van der Waals surface area contributed by atoms with Gasteiger partial charge in [0.05, 0.1) is 14.2 Å². The number of ether oxygens (including phenoxy) is 2. The number of rotatable bonds is 5. The van der Waals surface area contributed by atoms with Crippen LogP contribution in [-0.4, -0.2) is 20.8 Å². The van der Waals surface area contributed by atoms with Crippen LogP contribution in [0.2, 0.25) is 0 Å².